The minimum atomic E-state index is -0.182. The Morgan fingerprint density at radius 3 is 2.42 bits per heavy atom. The summed E-state index contributed by atoms with van der Waals surface area (Å²) in [5, 5.41) is 0. The van der Waals surface area contributed by atoms with Gasteiger partial charge in [0.15, 0.2) is 0 Å². The van der Waals surface area contributed by atoms with Gasteiger partial charge >= 0.3 is 0 Å². The lowest BCUT2D eigenvalue weighted by atomic mass is 10.2. The van der Waals surface area contributed by atoms with E-state index < -0.39 is 0 Å². The highest BCUT2D eigenvalue weighted by Crippen LogP contribution is 2.17. The Balaban J connectivity index is 2.29. The number of rotatable bonds is 3. The van der Waals surface area contributed by atoms with Gasteiger partial charge in [0.05, 0.1) is 12.4 Å². The molecule has 0 radical (unpaired) electrons. The highest BCUT2D eigenvalue weighted by Gasteiger charge is 2.17. The fourth-order valence-electron chi connectivity index (χ4n) is 1.75. The molecule has 2 aromatic rings. The quantitative estimate of drug-likeness (QED) is 0.912. The van der Waals surface area contributed by atoms with Gasteiger partial charge in [-0.3, -0.25) is 4.79 Å². The summed E-state index contributed by atoms with van der Waals surface area (Å²) in [7, 11) is 0. The zero-order chi connectivity index (χ0) is 13.8. The van der Waals surface area contributed by atoms with Gasteiger partial charge in [-0.25, -0.2) is 9.97 Å². The molecule has 0 spiro atoms. The summed E-state index contributed by atoms with van der Waals surface area (Å²) in [5.41, 5.74) is 7.75. The van der Waals surface area contributed by atoms with Gasteiger partial charge in [0.2, 0.25) is 0 Å². The summed E-state index contributed by atoms with van der Waals surface area (Å²) in [5.74, 6) is 0.119. The minimum Gasteiger partial charge on any atom is -0.382 e. The number of aryl methyl sites for hydroxylation is 1. The molecule has 1 amide bonds. The summed E-state index contributed by atoms with van der Waals surface area (Å²) < 4.78 is 0. The number of anilines is 2. The van der Waals surface area contributed by atoms with E-state index in [1.54, 1.807) is 4.90 Å². The van der Waals surface area contributed by atoms with Gasteiger partial charge in [0.25, 0.3) is 5.91 Å². The van der Waals surface area contributed by atoms with Crippen LogP contribution in [0.25, 0.3) is 0 Å². The molecule has 0 aliphatic heterocycles. The molecule has 5 nitrogen and oxygen atoms in total. The fourth-order valence-corrected chi connectivity index (χ4v) is 1.75. The van der Waals surface area contributed by atoms with E-state index >= 15 is 0 Å². The number of amides is 1. The second kappa shape index (κ2) is 5.48. The maximum atomic E-state index is 12.4. The molecule has 0 unspecified atom stereocenters. The van der Waals surface area contributed by atoms with Crippen LogP contribution in [0.3, 0.4) is 0 Å². The Labute approximate surface area is 112 Å². The summed E-state index contributed by atoms with van der Waals surface area (Å²) in [4.78, 5) is 21.9. The Morgan fingerprint density at radius 1 is 1.21 bits per heavy atom. The molecular formula is C14H16N4O. The largest absolute Gasteiger partial charge is 0.382 e. The van der Waals surface area contributed by atoms with Crippen LogP contribution in [-0.2, 0) is 0 Å². The number of nitrogen functional groups attached to an aromatic ring is 1. The first kappa shape index (κ1) is 13.0. The van der Waals surface area contributed by atoms with E-state index in [0.717, 1.165) is 11.3 Å². The smallest absolute Gasteiger partial charge is 0.278 e. The number of nitrogens with zero attached hydrogens (tertiary/aromatic N) is 3. The molecule has 0 atom stereocenters. The molecule has 0 fully saturated rings. The normalized spacial score (nSPS) is 10.2. The van der Waals surface area contributed by atoms with Crippen molar-refractivity contribution in [3.8, 4) is 0 Å². The van der Waals surface area contributed by atoms with E-state index in [1.807, 2.05) is 38.1 Å². The van der Waals surface area contributed by atoms with Crippen LogP contribution in [0.5, 0.6) is 0 Å². The van der Waals surface area contributed by atoms with Crippen LogP contribution in [0.1, 0.15) is 23.0 Å². The Kier molecular flexibility index (Phi) is 3.75. The average molecular weight is 256 g/mol. The minimum absolute atomic E-state index is 0.182. The highest BCUT2D eigenvalue weighted by atomic mass is 16.2. The molecule has 98 valence electrons. The van der Waals surface area contributed by atoms with Crippen molar-refractivity contribution in [2.24, 2.45) is 0 Å². The number of nitrogens with two attached hydrogens (primary N) is 1. The number of hydrogen-bond donors (Lipinski definition) is 1. The third-order valence-electron chi connectivity index (χ3n) is 2.80. The van der Waals surface area contributed by atoms with Gasteiger partial charge in [-0.2, -0.15) is 0 Å². The van der Waals surface area contributed by atoms with Crippen molar-refractivity contribution < 1.29 is 4.79 Å². The Morgan fingerprint density at radius 2 is 1.89 bits per heavy atom. The molecule has 2 N–H and O–H groups in total. The predicted molar refractivity (Wildman–Crippen MR) is 75.0 cm³/mol. The summed E-state index contributed by atoms with van der Waals surface area (Å²) >= 11 is 0. The standard InChI is InChI=1S/C14H16N4O/c1-3-18(11-6-4-10(2)5-7-11)14(19)12-8-17-13(15)9-16-12/h4-9H,3H2,1-2H3,(H2,15,17). The van der Waals surface area contributed by atoms with E-state index in [1.165, 1.54) is 12.4 Å². The molecule has 0 bridgehead atoms. The second-order valence-electron chi connectivity index (χ2n) is 4.21. The van der Waals surface area contributed by atoms with Crippen LogP contribution in [0.2, 0.25) is 0 Å². The van der Waals surface area contributed by atoms with Gasteiger partial charge < -0.3 is 10.6 Å². The van der Waals surface area contributed by atoms with Crippen molar-refractivity contribution in [2.75, 3.05) is 17.2 Å². The predicted octanol–water partition coefficient (Wildman–Crippen LogP) is 2.03. The number of benzene rings is 1. The van der Waals surface area contributed by atoms with E-state index in [9.17, 15) is 4.79 Å². The molecule has 19 heavy (non-hydrogen) atoms. The fraction of sp³-hybridized carbons (Fsp3) is 0.214. The molecule has 0 aliphatic carbocycles. The zero-order valence-corrected chi connectivity index (χ0v) is 11.0. The monoisotopic (exact) mass is 256 g/mol. The van der Waals surface area contributed by atoms with Crippen LogP contribution in [-0.4, -0.2) is 22.4 Å². The molecule has 0 saturated heterocycles. The summed E-state index contributed by atoms with van der Waals surface area (Å²) in [6, 6.07) is 7.78. The van der Waals surface area contributed by atoms with Crippen LogP contribution in [0, 0.1) is 6.92 Å². The molecular weight excluding hydrogens is 240 g/mol. The van der Waals surface area contributed by atoms with Gasteiger partial charge in [-0.1, -0.05) is 17.7 Å². The van der Waals surface area contributed by atoms with E-state index in [-0.39, 0.29) is 11.6 Å². The lowest BCUT2D eigenvalue weighted by Crippen LogP contribution is -2.31. The van der Waals surface area contributed by atoms with Crippen LogP contribution >= 0.6 is 0 Å². The number of hydrogen-bond acceptors (Lipinski definition) is 4. The van der Waals surface area contributed by atoms with Crippen LogP contribution < -0.4 is 10.6 Å². The van der Waals surface area contributed by atoms with Gasteiger partial charge in [-0.05, 0) is 26.0 Å². The van der Waals surface area contributed by atoms with Crippen LogP contribution in [0.4, 0.5) is 11.5 Å². The molecule has 1 aromatic carbocycles. The number of carbonyl (C=O) groups excluding carboxylic acids is 1. The van der Waals surface area contributed by atoms with Gasteiger partial charge in [0, 0.05) is 12.2 Å². The third kappa shape index (κ3) is 2.88. The molecule has 1 aromatic heterocycles. The molecule has 5 heteroatoms. The maximum absolute atomic E-state index is 12.4. The summed E-state index contributed by atoms with van der Waals surface area (Å²) in [6.07, 6.45) is 2.78. The van der Waals surface area contributed by atoms with E-state index in [2.05, 4.69) is 9.97 Å². The first-order valence-corrected chi connectivity index (χ1v) is 6.08. The molecule has 0 aliphatic rings. The van der Waals surface area contributed by atoms with E-state index in [0.29, 0.717) is 12.4 Å². The van der Waals surface area contributed by atoms with Gasteiger partial charge in [-0.15, -0.1) is 0 Å². The second-order valence-corrected chi connectivity index (χ2v) is 4.21. The molecule has 1 heterocycles. The first-order chi connectivity index (χ1) is 9.11. The number of aromatic nitrogens is 2. The van der Waals surface area contributed by atoms with Crippen molar-refractivity contribution in [1.29, 1.82) is 0 Å². The molecule has 2 rings (SSSR count). The first-order valence-electron chi connectivity index (χ1n) is 6.08. The SMILES string of the molecule is CCN(C(=O)c1cnc(N)cn1)c1ccc(C)cc1. The lowest BCUT2D eigenvalue weighted by Gasteiger charge is -2.20. The highest BCUT2D eigenvalue weighted by molar-refractivity contribution is 6.04. The lowest BCUT2D eigenvalue weighted by molar-refractivity contribution is 0.0983. The van der Waals surface area contributed by atoms with Crippen molar-refractivity contribution >= 4 is 17.4 Å². The Hall–Kier alpha value is -2.43. The topological polar surface area (TPSA) is 72.1 Å². The Bertz CT molecular complexity index is 563. The van der Waals surface area contributed by atoms with Crippen LogP contribution in [0.15, 0.2) is 36.7 Å². The van der Waals surface area contributed by atoms with Crippen molar-refractivity contribution in [2.45, 2.75) is 13.8 Å². The average Bonchev–Trinajstić information content (AvgIpc) is 2.42. The summed E-state index contributed by atoms with van der Waals surface area (Å²) in [6.45, 7) is 4.49. The number of carbonyl (C=O) groups is 1. The molecule has 0 saturated carbocycles. The van der Waals surface area contributed by atoms with Crippen molar-refractivity contribution in [3.63, 3.8) is 0 Å². The van der Waals surface area contributed by atoms with Crippen molar-refractivity contribution in [1.82, 2.24) is 9.97 Å². The third-order valence-corrected chi connectivity index (χ3v) is 2.80. The zero-order valence-electron chi connectivity index (χ0n) is 11.0. The van der Waals surface area contributed by atoms with E-state index in [4.69, 9.17) is 5.73 Å². The van der Waals surface area contributed by atoms with Gasteiger partial charge in [0.1, 0.15) is 11.5 Å². The maximum Gasteiger partial charge on any atom is 0.278 e. The van der Waals surface area contributed by atoms with Crippen molar-refractivity contribution in [3.05, 3.63) is 47.9 Å².